The van der Waals surface area contributed by atoms with E-state index in [4.69, 9.17) is 4.74 Å². The molecule has 1 N–H and O–H groups in total. The summed E-state index contributed by atoms with van der Waals surface area (Å²) in [6.45, 7) is 9.93. The molecule has 0 fully saturated rings. The number of benzene rings is 1. The zero-order valence-corrected chi connectivity index (χ0v) is 11.8. The molecule has 0 aliphatic carbocycles. The number of rotatable bonds is 7. The largest absolute Gasteiger partial charge is 0.493 e. The van der Waals surface area contributed by atoms with E-state index in [0.717, 1.165) is 18.5 Å². The van der Waals surface area contributed by atoms with Crippen molar-refractivity contribution in [2.45, 2.75) is 40.2 Å². The summed E-state index contributed by atoms with van der Waals surface area (Å²) >= 11 is 0. The predicted molar refractivity (Wildman–Crippen MR) is 73.4 cm³/mol. The van der Waals surface area contributed by atoms with Gasteiger partial charge in [0, 0.05) is 17.7 Å². The Bertz CT molecular complexity index is 366. The maximum absolute atomic E-state index is 13.3. The zero-order valence-electron chi connectivity index (χ0n) is 11.8. The minimum Gasteiger partial charge on any atom is -0.493 e. The Morgan fingerprint density at radius 2 is 2.00 bits per heavy atom. The molecule has 1 unspecified atom stereocenters. The van der Waals surface area contributed by atoms with Crippen LogP contribution in [-0.2, 0) is 0 Å². The van der Waals surface area contributed by atoms with E-state index >= 15 is 0 Å². The summed E-state index contributed by atoms with van der Waals surface area (Å²) < 4.78 is 19.0. The molecular formula is C15H24FNO. The molecule has 0 spiro atoms. The van der Waals surface area contributed by atoms with Crippen LogP contribution in [-0.4, -0.2) is 13.2 Å². The number of hydrogen-bond acceptors (Lipinski definition) is 2. The molecule has 0 aromatic heterocycles. The predicted octanol–water partition coefficient (Wildman–Crippen LogP) is 3.92. The van der Waals surface area contributed by atoms with Gasteiger partial charge < -0.3 is 10.1 Å². The molecule has 1 rings (SSSR count). The summed E-state index contributed by atoms with van der Waals surface area (Å²) in [5, 5.41) is 3.32. The van der Waals surface area contributed by atoms with E-state index in [2.05, 4.69) is 33.0 Å². The van der Waals surface area contributed by atoms with E-state index < -0.39 is 0 Å². The van der Waals surface area contributed by atoms with Gasteiger partial charge in [0.05, 0.1) is 6.61 Å². The molecule has 0 aliphatic rings. The number of halogens is 1. The number of hydrogen-bond donors (Lipinski definition) is 1. The Balaban J connectivity index is 2.76. The fourth-order valence-corrected chi connectivity index (χ4v) is 1.81. The molecule has 0 heterocycles. The van der Waals surface area contributed by atoms with Gasteiger partial charge in [0.15, 0.2) is 0 Å². The molecule has 2 nitrogen and oxygen atoms in total. The molecule has 0 bridgehead atoms. The summed E-state index contributed by atoms with van der Waals surface area (Å²) in [5.41, 5.74) is 1.02. The first-order valence-corrected chi connectivity index (χ1v) is 6.70. The molecule has 18 heavy (non-hydrogen) atoms. The highest BCUT2D eigenvalue weighted by Gasteiger charge is 2.12. The Hall–Kier alpha value is -1.09. The van der Waals surface area contributed by atoms with E-state index in [1.54, 1.807) is 6.07 Å². The van der Waals surface area contributed by atoms with Crippen LogP contribution in [0.2, 0.25) is 0 Å². The molecule has 0 aliphatic heterocycles. The van der Waals surface area contributed by atoms with Crippen LogP contribution in [0.1, 0.15) is 45.7 Å². The maximum atomic E-state index is 13.3. The highest BCUT2D eigenvalue weighted by atomic mass is 19.1. The first kappa shape index (κ1) is 15.0. The molecule has 1 atom stereocenters. The highest BCUT2D eigenvalue weighted by molar-refractivity contribution is 5.36. The molecule has 0 saturated heterocycles. The summed E-state index contributed by atoms with van der Waals surface area (Å²) in [7, 11) is 0. The molecule has 0 saturated carbocycles. The topological polar surface area (TPSA) is 21.3 Å². The normalized spacial score (nSPS) is 12.8. The van der Waals surface area contributed by atoms with Gasteiger partial charge in [-0.3, -0.25) is 0 Å². The highest BCUT2D eigenvalue weighted by Crippen LogP contribution is 2.26. The molecule has 1 aromatic carbocycles. The third-order valence-electron chi connectivity index (χ3n) is 2.91. The van der Waals surface area contributed by atoms with Gasteiger partial charge in [0.25, 0.3) is 0 Å². The van der Waals surface area contributed by atoms with Crippen molar-refractivity contribution in [1.29, 1.82) is 0 Å². The number of nitrogens with one attached hydrogen (secondary N) is 1. The second-order valence-corrected chi connectivity index (χ2v) is 4.99. The average molecular weight is 253 g/mol. The monoisotopic (exact) mass is 253 g/mol. The molecule has 1 aromatic rings. The first-order chi connectivity index (χ1) is 8.54. The van der Waals surface area contributed by atoms with Gasteiger partial charge in [-0.05, 0) is 31.9 Å². The minimum atomic E-state index is -0.248. The fraction of sp³-hybridized carbons (Fsp3) is 0.600. The van der Waals surface area contributed by atoms with E-state index in [9.17, 15) is 4.39 Å². The van der Waals surface area contributed by atoms with Gasteiger partial charge in [0.1, 0.15) is 11.6 Å². The SMILES string of the molecule is CCNC(C)c1ccc(F)cc1OCCC(C)C. The van der Waals surface area contributed by atoms with Crippen molar-refractivity contribution in [2.75, 3.05) is 13.2 Å². The summed E-state index contributed by atoms with van der Waals surface area (Å²) in [6, 6.07) is 4.93. The van der Waals surface area contributed by atoms with E-state index in [-0.39, 0.29) is 11.9 Å². The van der Waals surface area contributed by atoms with Gasteiger partial charge >= 0.3 is 0 Å². The lowest BCUT2D eigenvalue weighted by molar-refractivity contribution is 0.283. The van der Waals surface area contributed by atoms with Crippen molar-refractivity contribution in [2.24, 2.45) is 5.92 Å². The van der Waals surface area contributed by atoms with Crippen molar-refractivity contribution >= 4 is 0 Å². The fourth-order valence-electron chi connectivity index (χ4n) is 1.81. The van der Waals surface area contributed by atoms with Gasteiger partial charge in [-0.25, -0.2) is 4.39 Å². The Morgan fingerprint density at radius 1 is 1.28 bits per heavy atom. The third kappa shape index (κ3) is 4.65. The van der Waals surface area contributed by atoms with Crippen LogP contribution in [0.15, 0.2) is 18.2 Å². The van der Waals surface area contributed by atoms with Crippen LogP contribution in [0.5, 0.6) is 5.75 Å². The molecular weight excluding hydrogens is 229 g/mol. The molecule has 3 heteroatoms. The minimum absolute atomic E-state index is 0.171. The molecule has 102 valence electrons. The Kier molecular flexibility index (Phi) is 6.13. The maximum Gasteiger partial charge on any atom is 0.126 e. The van der Waals surface area contributed by atoms with Crippen LogP contribution >= 0.6 is 0 Å². The Labute approximate surface area is 110 Å². The molecule has 0 amide bonds. The van der Waals surface area contributed by atoms with Crippen molar-refractivity contribution in [3.63, 3.8) is 0 Å². The van der Waals surface area contributed by atoms with Crippen LogP contribution in [0.25, 0.3) is 0 Å². The number of ether oxygens (including phenoxy) is 1. The van der Waals surface area contributed by atoms with Crippen molar-refractivity contribution in [3.8, 4) is 5.75 Å². The van der Waals surface area contributed by atoms with Crippen LogP contribution in [0.3, 0.4) is 0 Å². The van der Waals surface area contributed by atoms with Gasteiger partial charge in [0.2, 0.25) is 0 Å². The third-order valence-corrected chi connectivity index (χ3v) is 2.91. The second kappa shape index (κ2) is 7.37. The van der Waals surface area contributed by atoms with Gasteiger partial charge in [-0.15, -0.1) is 0 Å². The smallest absolute Gasteiger partial charge is 0.126 e. The summed E-state index contributed by atoms with van der Waals surface area (Å²) in [4.78, 5) is 0. The van der Waals surface area contributed by atoms with Gasteiger partial charge in [-0.1, -0.05) is 26.8 Å². The van der Waals surface area contributed by atoms with Gasteiger partial charge in [-0.2, -0.15) is 0 Å². The molecule has 0 radical (unpaired) electrons. The summed E-state index contributed by atoms with van der Waals surface area (Å²) in [5.74, 6) is 0.999. The van der Waals surface area contributed by atoms with Crippen LogP contribution < -0.4 is 10.1 Å². The van der Waals surface area contributed by atoms with E-state index in [1.807, 2.05) is 0 Å². The Morgan fingerprint density at radius 3 is 2.61 bits per heavy atom. The lowest BCUT2D eigenvalue weighted by Crippen LogP contribution is -2.18. The van der Waals surface area contributed by atoms with Crippen LogP contribution in [0.4, 0.5) is 4.39 Å². The summed E-state index contributed by atoms with van der Waals surface area (Å²) in [6.07, 6.45) is 0.978. The first-order valence-electron chi connectivity index (χ1n) is 6.70. The van der Waals surface area contributed by atoms with Crippen molar-refractivity contribution in [1.82, 2.24) is 5.32 Å². The zero-order chi connectivity index (χ0) is 13.5. The van der Waals surface area contributed by atoms with E-state index in [1.165, 1.54) is 12.1 Å². The standard InChI is InChI=1S/C15H24FNO/c1-5-17-12(4)14-7-6-13(16)10-15(14)18-9-8-11(2)3/h6-7,10-12,17H,5,8-9H2,1-4H3. The van der Waals surface area contributed by atoms with E-state index in [0.29, 0.717) is 18.3 Å². The lowest BCUT2D eigenvalue weighted by Gasteiger charge is -2.18. The lowest BCUT2D eigenvalue weighted by atomic mass is 10.1. The average Bonchev–Trinajstić information content (AvgIpc) is 2.29. The van der Waals surface area contributed by atoms with Crippen molar-refractivity contribution in [3.05, 3.63) is 29.6 Å². The quantitative estimate of drug-likeness (QED) is 0.795. The van der Waals surface area contributed by atoms with Crippen LogP contribution in [0, 0.1) is 11.7 Å². The second-order valence-electron chi connectivity index (χ2n) is 4.99. The van der Waals surface area contributed by atoms with Crippen molar-refractivity contribution < 1.29 is 9.13 Å².